The first-order valence-electron chi connectivity index (χ1n) is 10.1. The van der Waals surface area contributed by atoms with Crippen molar-refractivity contribution >= 4 is 23.4 Å². The van der Waals surface area contributed by atoms with Gasteiger partial charge < -0.3 is 9.32 Å². The van der Waals surface area contributed by atoms with Crippen LogP contribution in [0.15, 0.2) is 82.6 Å². The number of thioether (sulfide) groups is 1. The smallest absolute Gasteiger partial charge is 0.240 e. The Morgan fingerprint density at radius 1 is 1.06 bits per heavy atom. The zero-order valence-electron chi connectivity index (χ0n) is 17.7. The van der Waals surface area contributed by atoms with Gasteiger partial charge in [-0.1, -0.05) is 54.2 Å². The van der Waals surface area contributed by atoms with E-state index in [0.717, 1.165) is 28.4 Å². The Labute approximate surface area is 185 Å². The molecule has 0 saturated heterocycles. The monoisotopic (exact) mass is 432 g/mol. The topological polar surface area (TPSA) is 64.2 Å². The van der Waals surface area contributed by atoms with Crippen LogP contribution in [0.2, 0.25) is 0 Å². The number of rotatable bonds is 7. The number of aryl methyl sites for hydroxylation is 1. The molecule has 7 heteroatoms. The Bertz CT molecular complexity index is 1160. The third-order valence-electron chi connectivity index (χ3n) is 5.10. The molecular formula is C24H24N4O2S. The fraction of sp³-hybridized carbons (Fsp3) is 0.208. The predicted molar refractivity (Wildman–Crippen MR) is 123 cm³/mol. The number of hydrogen-bond acceptors (Lipinski definition) is 5. The molecule has 4 aromatic rings. The number of anilines is 1. The summed E-state index contributed by atoms with van der Waals surface area (Å²) in [6.45, 7) is 4.43. The highest BCUT2D eigenvalue weighted by molar-refractivity contribution is 8.00. The van der Waals surface area contributed by atoms with E-state index in [2.05, 4.69) is 23.2 Å². The van der Waals surface area contributed by atoms with Crippen LogP contribution in [0.25, 0.3) is 11.4 Å². The number of aromatic nitrogens is 3. The van der Waals surface area contributed by atoms with E-state index in [4.69, 9.17) is 4.42 Å². The van der Waals surface area contributed by atoms with Gasteiger partial charge in [-0.05, 0) is 43.7 Å². The van der Waals surface area contributed by atoms with E-state index < -0.39 is 0 Å². The summed E-state index contributed by atoms with van der Waals surface area (Å²) in [6.07, 6.45) is 1.65. The number of furan rings is 1. The fourth-order valence-corrected chi connectivity index (χ4v) is 4.30. The van der Waals surface area contributed by atoms with E-state index in [1.165, 1.54) is 11.8 Å². The van der Waals surface area contributed by atoms with Crippen LogP contribution in [0.4, 0.5) is 5.69 Å². The minimum absolute atomic E-state index is 0.00110. The van der Waals surface area contributed by atoms with Crippen LogP contribution in [0.1, 0.15) is 18.2 Å². The molecule has 0 radical (unpaired) electrons. The molecule has 0 aliphatic carbocycles. The molecule has 6 nitrogen and oxygen atoms in total. The quantitative estimate of drug-likeness (QED) is 0.383. The molecular weight excluding hydrogens is 408 g/mol. The molecule has 0 aliphatic heterocycles. The molecule has 0 N–H and O–H groups in total. The summed E-state index contributed by atoms with van der Waals surface area (Å²) >= 11 is 1.40. The number of carbonyl (C=O) groups is 1. The number of nitrogens with zero attached hydrogens (tertiary/aromatic N) is 4. The number of amides is 1. The van der Waals surface area contributed by atoms with Gasteiger partial charge in [-0.25, -0.2) is 0 Å². The Hall–Kier alpha value is -3.32. The van der Waals surface area contributed by atoms with Crippen molar-refractivity contribution in [3.63, 3.8) is 0 Å². The third kappa shape index (κ3) is 4.56. The van der Waals surface area contributed by atoms with Crippen LogP contribution in [-0.2, 0) is 11.3 Å². The second kappa shape index (κ2) is 9.22. The van der Waals surface area contributed by atoms with Crippen molar-refractivity contribution in [3.05, 3.63) is 84.3 Å². The second-order valence-electron chi connectivity index (χ2n) is 7.28. The van der Waals surface area contributed by atoms with Crippen molar-refractivity contribution in [2.45, 2.75) is 30.8 Å². The highest BCUT2D eigenvalue weighted by atomic mass is 32.2. The Morgan fingerprint density at radius 2 is 1.81 bits per heavy atom. The standard InChI is InChI=1S/C24H24N4O2S/c1-17-10-7-8-14-21(17)22-25-26-24(28(22)16-20-13-9-15-30-20)31-18(2)23(29)27(3)19-11-5-4-6-12-19/h4-15,18H,16H2,1-3H3. The lowest BCUT2D eigenvalue weighted by atomic mass is 10.1. The zero-order valence-corrected chi connectivity index (χ0v) is 18.5. The van der Waals surface area contributed by atoms with Gasteiger partial charge in [0.25, 0.3) is 0 Å². The number of hydrogen-bond donors (Lipinski definition) is 0. The molecule has 0 saturated carbocycles. The highest BCUT2D eigenvalue weighted by Crippen LogP contribution is 2.30. The SMILES string of the molecule is Cc1ccccc1-c1nnc(SC(C)C(=O)N(C)c2ccccc2)n1Cc1ccco1. The molecule has 1 unspecified atom stereocenters. The lowest BCUT2D eigenvalue weighted by molar-refractivity contribution is -0.117. The van der Waals surface area contributed by atoms with Crippen molar-refractivity contribution in [3.8, 4) is 11.4 Å². The molecule has 2 heterocycles. The summed E-state index contributed by atoms with van der Waals surface area (Å²) in [5.74, 6) is 1.56. The zero-order chi connectivity index (χ0) is 21.8. The summed E-state index contributed by atoms with van der Waals surface area (Å²) in [5.41, 5.74) is 2.98. The first kappa shape index (κ1) is 20.9. The summed E-state index contributed by atoms with van der Waals surface area (Å²) < 4.78 is 7.58. The van der Waals surface area contributed by atoms with Gasteiger partial charge in [-0.2, -0.15) is 0 Å². The van der Waals surface area contributed by atoms with Crippen LogP contribution in [0.3, 0.4) is 0 Å². The number of carbonyl (C=O) groups excluding carboxylic acids is 1. The van der Waals surface area contributed by atoms with Crippen LogP contribution in [0, 0.1) is 6.92 Å². The van der Waals surface area contributed by atoms with Crippen molar-refractivity contribution in [1.29, 1.82) is 0 Å². The van der Waals surface area contributed by atoms with Gasteiger partial charge >= 0.3 is 0 Å². The molecule has 158 valence electrons. The average molecular weight is 433 g/mol. The van der Waals surface area contributed by atoms with Crippen LogP contribution < -0.4 is 4.90 Å². The van der Waals surface area contributed by atoms with E-state index in [1.807, 2.05) is 72.2 Å². The molecule has 1 amide bonds. The van der Waals surface area contributed by atoms with Crippen LogP contribution >= 0.6 is 11.8 Å². The van der Waals surface area contributed by atoms with Gasteiger partial charge in [0.2, 0.25) is 5.91 Å². The summed E-state index contributed by atoms with van der Waals surface area (Å²) in [5, 5.41) is 9.24. The van der Waals surface area contributed by atoms with E-state index in [0.29, 0.717) is 11.7 Å². The van der Waals surface area contributed by atoms with Gasteiger partial charge in [0.05, 0.1) is 18.1 Å². The molecule has 31 heavy (non-hydrogen) atoms. The fourth-order valence-electron chi connectivity index (χ4n) is 3.36. The van der Waals surface area contributed by atoms with Gasteiger partial charge in [0.1, 0.15) is 5.76 Å². The minimum Gasteiger partial charge on any atom is -0.467 e. The summed E-state index contributed by atoms with van der Waals surface area (Å²) in [6, 6.07) is 21.5. The van der Waals surface area contributed by atoms with Crippen molar-refractivity contribution < 1.29 is 9.21 Å². The molecule has 4 rings (SSSR count). The van der Waals surface area contributed by atoms with Crippen LogP contribution in [-0.4, -0.2) is 33.0 Å². The van der Waals surface area contributed by atoms with Gasteiger partial charge in [-0.3, -0.25) is 9.36 Å². The Balaban J connectivity index is 1.63. The number of benzene rings is 2. The molecule has 1 atom stereocenters. The summed E-state index contributed by atoms with van der Waals surface area (Å²) in [4.78, 5) is 14.7. The molecule has 2 aromatic heterocycles. The van der Waals surface area contributed by atoms with Gasteiger partial charge in [-0.15, -0.1) is 10.2 Å². The maximum absolute atomic E-state index is 13.0. The predicted octanol–water partition coefficient (Wildman–Crippen LogP) is 5.04. The summed E-state index contributed by atoms with van der Waals surface area (Å²) in [7, 11) is 1.79. The maximum atomic E-state index is 13.0. The van der Waals surface area contributed by atoms with Gasteiger partial charge in [0, 0.05) is 18.3 Å². The second-order valence-corrected chi connectivity index (χ2v) is 8.59. The largest absolute Gasteiger partial charge is 0.467 e. The lowest BCUT2D eigenvalue weighted by Gasteiger charge is -2.21. The van der Waals surface area contributed by atoms with E-state index in [1.54, 1.807) is 18.2 Å². The Morgan fingerprint density at radius 3 is 2.52 bits per heavy atom. The van der Waals surface area contributed by atoms with E-state index >= 15 is 0 Å². The Kier molecular flexibility index (Phi) is 6.23. The molecule has 0 bridgehead atoms. The first-order chi connectivity index (χ1) is 15.0. The molecule has 0 aliphatic rings. The minimum atomic E-state index is -0.338. The average Bonchev–Trinajstić information content (AvgIpc) is 3.44. The number of para-hydroxylation sites is 1. The van der Waals surface area contributed by atoms with Gasteiger partial charge in [0.15, 0.2) is 11.0 Å². The van der Waals surface area contributed by atoms with Crippen LogP contribution in [0.5, 0.6) is 0 Å². The molecule has 2 aromatic carbocycles. The van der Waals surface area contributed by atoms with Crippen molar-refractivity contribution in [2.75, 3.05) is 11.9 Å². The van der Waals surface area contributed by atoms with Crippen molar-refractivity contribution in [1.82, 2.24) is 14.8 Å². The molecule has 0 fully saturated rings. The maximum Gasteiger partial charge on any atom is 0.240 e. The van der Waals surface area contributed by atoms with Crippen molar-refractivity contribution in [2.24, 2.45) is 0 Å². The molecule has 0 spiro atoms. The van der Waals surface area contributed by atoms with E-state index in [-0.39, 0.29) is 11.2 Å². The normalized spacial score (nSPS) is 12.0. The highest BCUT2D eigenvalue weighted by Gasteiger charge is 2.24. The lowest BCUT2D eigenvalue weighted by Crippen LogP contribution is -2.33. The third-order valence-corrected chi connectivity index (χ3v) is 6.17. The van der Waals surface area contributed by atoms with E-state index in [9.17, 15) is 4.79 Å². The first-order valence-corrected chi connectivity index (χ1v) is 10.9.